The van der Waals surface area contributed by atoms with Crippen LogP contribution in [-0.4, -0.2) is 15.8 Å². The summed E-state index contributed by atoms with van der Waals surface area (Å²) in [6.45, 7) is 0. The number of nitrogens with zero attached hydrogens (tertiary/aromatic N) is 2. The first-order valence-electron chi connectivity index (χ1n) is 6.64. The zero-order chi connectivity index (χ0) is 12.5. The van der Waals surface area contributed by atoms with Crippen LogP contribution in [0.25, 0.3) is 10.9 Å². The van der Waals surface area contributed by atoms with Crippen LogP contribution in [0.2, 0.25) is 0 Å². The van der Waals surface area contributed by atoms with Crippen LogP contribution in [0.15, 0.2) is 24.5 Å². The molecular formula is C15H18N2O. The van der Waals surface area contributed by atoms with Gasteiger partial charge in [0, 0.05) is 36.2 Å². The molecule has 2 aromatic heterocycles. The number of hydrogen-bond donors (Lipinski definition) is 0. The maximum atomic E-state index is 10.8. The number of rotatable bonds is 2. The molecule has 18 heavy (non-hydrogen) atoms. The summed E-state index contributed by atoms with van der Waals surface area (Å²) in [5.74, 6) is 0.813. The minimum Gasteiger partial charge on any atom is -0.349 e. The van der Waals surface area contributed by atoms with Crippen molar-refractivity contribution in [1.29, 1.82) is 0 Å². The second-order valence-electron chi connectivity index (χ2n) is 5.34. The maximum Gasteiger partial charge on any atom is 0.123 e. The smallest absolute Gasteiger partial charge is 0.123 e. The van der Waals surface area contributed by atoms with Gasteiger partial charge < -0.3 is 9.36 Å². The van der Waals surface area contributed by atoms with Crippen molar-refractivity contribution in [2.75, 3.05) is 0 Å². The molecule has 1 aliphatic rings. The number of pyridine rings is 1. The van der Waals surface area contributed by atoms with Gasteiger partial charge in [0.15, 0.2) is 0 Å². The van der Waals surface area contributed by atoms with Crippen LogP contribution in [-0.2, 0) is 11.8 Å². The van der Waals surface area contributed by atoms with E-state index in [9.17, 15) is 4.79 Å². The van der Waals surface area contributed by atoms with Gasteiger partial charge >= 0.3 is 0 Å². The molecule has 0 spiro atoms. The summed E-state index contributed by atoms with van der Waals surface area (Å²) in [5.41, 5.74) is 2.37. The van der Waals surface area contributed by atoms with Crippen molar-refractivity contribution in [2.24, 2.45) is 13.0 Å². The topological polar surface area (TPSA) is 34.9 Å². The summed E-state index contributed by atoms with van der Waals surface area (Å²) < 4.78 is 2.09. The molecule has 0 bridgehead atoms. The highest BCUT2D eigenvalue weighted by Gasteiger charge is 2.23. The Hall–Kier alpha value is -1.64. The molecule has 2 aromatic rings. The number of aldehydes is 1. The van der Waals surface area contributed by atoms with Gasteiger partial charge in [-0.2, -0.15) is 0 Å². The van der Waals surface area contributed by atoms with E-state index in [1.165, 1.54) is 16.6 Å². The summed E-state index contributed by atoms with van der Waals surface area (Å²) in [6.07, 6.45) is 9.37. The fourth-order valence-corrected chi connectivity index (χ4v) is 2.96. The van der Waals surface area contributed by atoms with Gasteiger partial charge in [-0.3, -0.25) is 4.98 Å². The molecule has 0 aromatic carbocycles. The summed E-state index contributed by atoms with van der Waals surface area (Å²) in [4.78, 5) is 15.4. The third-order valence-electron chi connectivity index (χ3n) is 4.18. The van der Waals surface area contributed by atoms with Crippen molar-refractivity contribution >= 4 is 17.2 Å². The predicted octanol–water partition coefficient (Wildman–Crippen LogP) is 3.05. The van der Waals surface area contributed by atoms with E-state index < -0.39 is 0 Å². The van der Waals surface area contributed by atoms with Gasteiger partial charge in [0.25, 0.3) is 0 Å². The highest BCUT2D eigenvalue weighted by atomic mass is 16.1. The zero-order valence-electron chi connectivity index (χ0n) is 10.7. The van der Waals surface area contributed by atoms with Crippen molar-refractivity contribution in [1.82, 2.24) is 9.55 Å². The van der Waals surface area contributed by atoms with E-state index >= 15 is 0 Å². The Morgan fingerprint density at radius 1 is 1.33 bits per heavy atom. The highest BCUT2D eigenvalue weighted by Crippen LogP contribution is 2.34. The zero-order valence-corrected chi connectivity index (χ0v) is 10.7. The van der Waals surface area contributed by atoms with E-state index in [2.05, 4.69) is 27.9 Å². The van der Waals surface area contributed by atoms with Crippen molar-refractivity contribution in [2.45, 2.75) is 31.6 Å². The Morgan fingerprint density at radius 2 is 2.11 bits per heavy atom. The molecule has 2 heterocycles. The van der Waals surface area contributed by atoms with Gasteiger partial charge in [-0.15, -0.1) is 0 Å². The molecule has 3 heteroatoms. The standard InChI is InChI=1S/C15H18N2O/c1-17-7-6-13-8-14(16-9-15(13)17)12-4-2-11(10-18)3-5-12/h6-12H,2-5H2,1H3/t11-,12-. The highest BCUT2D eigenvalue weighted by molar-refractivity contribution is 5.79. The number of aromatic nitrogens is 2. The number of hydrogen-bond acceptors (Lipinski definition) is 2. The fraction of sp³-hybridized carbons (Fsp3) is 0.467. The quantitative estimate of drug-likeness (QED) is 0.759. The summed E-state index contributed by atoms with van der Waals surface area (Å²) in [7, 11) is 2.04. The van der Waals surface area contributed by atoms with E-state index in [0.29, 0.717) is 5.92 Å². The normalized spacial score (nSPS) is 24.3. The van der Waals surface area contributed by atoms with Crippen LogP contribution >= 0.6 is 0 Å². The molecule has 1 aliphatic carbocycles. The fourth-order valence-electron chi connectivity index (χ4n) is 2.96. The van der Waals surface area contributed by atoms with Gasteiger partial charge in [0.05, 0.1) is 11.7 Å². The van der Waals surface area contributed by atoms with Crippen LogP contribution in [0, 0.1) is 5.92 Å². The van der Waals surface area contributed by atoms with Crippen molar-refractivity contribution in [3.8, 4) is 0 Å². The molecule has 0 aliphatic heterocycles. The average molecular weight is 242 g/mol. The number of aryl methyl sites for hydroxylation is 1. The van der Waals surface area contributed by atoms with E-state index in [0.717, 1.165) is 32.0 Å². The Kier molecular flexibility index (Phi) is 2.90. The molecule has 3 rings (SSSR count). The largest absolute Gasteiger partial charge is 0.349 e. The van der Waals surface area contributed by atoms with Gasteiger partial charge in [0.1, 0.15) is 6.29 Å². The first-order chi connectivity index (χ1) is 8.78. The summed E-state index contributed by atoms with van der Waals surface area (Å²) >= 11 is 0. The first-order valence-corrected chi connectivity index (χ1v) is 6.64. The van der Waals surface area contributed by atoms with Gasteiger partial charge in [-0.05, 0) is 37.8 Å². The monoisotopic (exact) mass is 242 g/mol. The summed E-state index contributed by atoms with van der Waals surface area (Å²) in [5, 5.41) is 1.26. The van der Waals surface area contributed by atoms with Crippen molar-refractivity contribution < 1.29 is 4.79 Å². The second-order valence-corrected chi connectivity index (χ2v) is 5.34. The third kappa shape index (κ3) is 1.94. The maximum absolute atomic E-state index is 10.8. The van der Waals surface area contributed by atoms with Crippen LogP contribution in [0.5, 0.6) is 0 Å². The lowest BCUT2D eigenvalue weighted by Gasteiger charge is -2.24. The average Bonchev–Trinajstić information content (AvgIpc) is 2.80. The Bertz CT molecular complexity index is 565. The van der Waals surface area contributed by atoms with E-state index in [1.54, 1.807) is 0 Å². The van der Waals surface area contributed by atoms with E-state index in [1.807, 2.05) is 13.2 Å². The number of carbonyl (C=O) groups excluding carboxylic acids is 1. The number of fused-ring (bicyclic) bond motifs is 1. The first kappa shape index (κ1) is 11.5. The predicted molar refractivity (Wildman–Crippen MR) is 71.5 cm³/mol. The molecule has 0 N–H and O–H groups in total. The molecule has 0 atom stereocenters. The molecule has 1 fully saturated rings. The Morgan fingerprint density at radius 3 is 2.83 bits per heavy atom. The molecule has 3 nitrogen and oxygen atoms in total. The summed E-state index contributed by atoms with van der Waals surface area (Å²) in [6, 6.07) is 4.35. The molecule has 1 saturated carbocycles. The third-order valence-corrected chi connectivity index (χ3v) is 4.18. The van der Waals surface area contributed by atoms with Crippen LogP contribution in [0.3, 0.4) is 0 Å². The molecular weight excluding hydrogens is 224 g/mol. The van der Waals surface area contributed by atoms with Gasteiger partial charge in [-0.1, -0.05) is 0 Å². The second kappa shape index (κ2) is 4.56. The molecule has 94 valence electrons. The van der Waals surface area contributed by atoms with Gasteiger partial charge in [0.2, 0.25) is 0 Å². The molecule has 0 unspecified atom stereocenters. The Labute approximate surface area is 107 Å². The van der Waals surface area contributed by atoms with Crippen LogP contribution in [0.4, 0.5) is 0 Å². The molecule has 0 radical (unpaired) electrons. The SMILES string of the molecule is Cn1ccc2cc([C@H]3CC[C@H](C=O)CC3)ncc21. The van der Waals surface area contributed by atoms with Crippen LogP contribution < -0.4 is 0 Å². The number of carbonyl (C=O) groups is 1. The lowest BCUT2D eigenvalue weighted by Crippen LogP contribution is -2.14. The minimum atomic E-state index is 0.279. The van der Waals surface area contributed by atoms with Crippen molar-refractivity contribution in [3.05, 3.63) is 30.2 Å². The van der Waals surface area contributed by atoms with Gasteiger partial charge in [-0.25, -0.2) is 0 Å². The van der Waals surface area contributed by atoms with Crippen LogP contribution in [0.1, 0.15) is 37.3 Å². The lowest BCUT2D eigenvalue weighted by atomic mass is 9.81. The minimum absolute atomic E-state index is 0.279. The molecule has 0 amide bonds. The Balaban J connectivity index is 1.84. The van der Waals surface area contributed by atoms with E-state index in [4.69, 9.17) is 0 Å². The van der Waals surface area contributed by atoms with Crippen molar-refractivity contribution in [3.63, 3.8) is 0 Å². The molecule has 0 saturated heterocycles. The lowest BCUT2D eigenvalue weighted by molar-refractivity contribution is -0.111. The van der Waals surface area contributed by atoms with E-state index in [-0.39, 0.29) is 5.92 Å².